The van der Waals surface area contributed by atoms with Crippen LogP contribution in [0.3, 0.4) is 0 Å². The van der Waals surface area contributed by atoms with Crippen LogP contribution >= 0.6 is 0 Å². The molecule has 0 atom stereocenters. The van der Waals surface area contributed by atoms with Crippen LogP contribution in [0, 0.1) is 0 Å². The second-order valence-corrected chi connectivity index (χ2v) is 5.13. The molecule has 1 aromatic rings. The third-order valence-electron chi connectivity index (χ3n) is 3.54. The number of nitrogens with one attached hydrogen (secondary N) is 1. The zero-order valence-electron chi connectivity index (χ0n) is 12.6. The summed E-state index contributed by atoms with van der Waals surface area (Å²) in [6.07, 6.45) is 0. The average Bonchev–Trinajstić information content (AvgIpc) is 2.85. The first-order valence-electron chi connectivity index (χ1n) is 6.53. The number of fused-ring (bicyclic) bond motifs is 1. The number of ketones is 2. The van der Waals surface area contributed by atoms with Gasteiger partial charge in [-0.05, 0) is 12.8 Å². The van der Waals surface area contributed by atoms with Crippen molar-refractivity contribution >= 4 is 17.5 Å². The lowest BCUT2D eigenvalue weighted by Crippen LogP contribution is -2.23. The number of aromatic nitrogens is 1. The van der Waals surface area contributed by atoms with Crippen molar-refractivity contribution in [1.82, 2.24) is 4.98 Å². The third kappa shape index (κ3) is 2.07. The number of methoxy groups -OCH3 is 2. The quantitative estimate of drug-likeness (QED) is 0.863. The van der Waals surface area contributed by atoms with Crippen molar-refractivity contribution in [3.8, 4) is 0 Å². The summed E-state index contributed by atoms with van der Waals surface area (Å²) in [6, 6.07) is 0. The lowest BCUT2D eigenvalue weighted by Gasteiger charge is -2.15. The van der Waals surface area contributed by atoms with E-state index in [1.165, 1.54) is 21.1 Å². The van der Waals surface area contributed by atoms with Crippen LogP contribution in [0.2, 0.25) is 0 Å². The monoisotopic (exact) mass is 291 g/mol. The number of carbonyl (C=O) groups is 3. The van der Waals surface area contributed by atoms with E-state index in [-0.39, 0.29) is 39.9 Å². The Balaban J connectivity index is 2.79. The molecule has 6 heteroatoms. The van der Waals surface area contributed by atoms with Crippen LogP contribution in [0.4, 0.5) is 0 Å². The van der Waals surface area contributed by atoms with Crippen LogP contribution < -0.4 is 0 Å². The number of H-pyrrole nitrogens is 1. The van der Waals surface area contributed by atoms with E-state index in [4.69, 9.17) is 9.47 Å². The zero-order chi connectivity index (χ0) is 15.9. The summed E-state index contributed by atoms with van der Waals surface area (Å²) in [6.45, 7) is 5.24. The Morgan fingerprint density at radius 3 is 2.24 bits per heavy atom. The summed E-state index contributed by atoms with van der Waals surface area (Å²) < 4.78 is 9.78. The molecule has 0 aliphatic heterocycles. The second kappa shape index (κ2) is 5.20. The fourth-order valence-corrected chi connectivity index (χ4v) is 2.48. The summed E-state index contributed by atoms with van der Waals surface area (Å²) in [4.78, 5) is 39.8. The van der Waals surface area contributed by atoms with Crippen LogP contribution in [-0.2, 0) is 9.47 Å². The molecule has 0 fully saturated rings. The van der Waals surface area contributed by atoms with Crippen molar-refractivity contribution in [3.63, 3.8) is 0 Å². The number of hydrogen-bond donors (Lipinski definition) is 1. The molecular weight excluding hydrogens is 274 g/mol. The van der Waals surface area contributed by atoms with Gasteiger partial charge >= 0.3 is 5.97 Å². The molecule has 6 nitrogen and oxygen atoms in total. The molecule has 112 valence electrons. The van der Waals surface area contributed by atoms with Gasteiger partial charge in [0.25, 0.3) is 0 Å². The highest BCUT2D eigenvalue weighted by Gasteiger charge is 2.39. The van der Waals surface area contributed by atoms with E-state index in [0.717, 1.165) is 0 Å². The van der Waals surface area contributed by atoms with Gasteiger partial charge in [-0.3, -0.25) is 9.59 Å². The predicted molar refractivity (Wildman–Crippen MR) is 74.6 cm³/mol. The largest absolute Gasteiger partial charge is 0.492 e. The Bertz CT molecular complexity index is 678. The van der Waals surface area contributed by atoms with Gasteiger partial charge in [0.15, 0.2) is 5.76 Å². The van der Waals surface area contributed by atoms with Crippen LogP contribution in [-0.4, -0.2) is 36.7 Å². The maximum absolute atomic E-state index is 12.5. The molecule has 1 aliphatic rings. The molecule has 0 unspecified atom stereocenters. The highest BCUT2D eigenvalue weighted by atomic mass is 16.5. The lowest BCUT2D eigenvalue weighted by atomic mass is 9.90. The van der Waals surface area contributed by atoms with E-state index in [1.807, 2.05) is 13.8 Å². The van der Waals surface area contributed by atoms with E-state index in [0.29, 0.717) is 5.69 Å². The molecule has 1 aromatic heterocycles. The second-order valence-electron chi connectivity index (χ2n) is 5.13. The Hall–Kier alpha value is -2.37. The Morgan fingerprint density at radius 1 is 1.14 bits per heavy atom. The number of rotatable bonds is 3. The zero-order valence-corrected chi connectivity index (χ0v) is 12.6. The molecule has 1 N–H and O–H groups in total. The van der Waals surface area contributed by atoms with Gasteiger partial charge in [-0.25, -0.2) is 4.79 Å². The van der Waals surface area contributed by atoms with Gasteiger partial charge in [-0.15, -0.1) is 0 Å². The first-order chi connectivity index (χ1) is 9.84. The molecule has 0 saturated heterocycles. The first kappa shape index (κ1) is 15.0. The van der Waals surface area contributed by atoms with E-state index >= 15 is 0 Å². The van der Waals surface area contributed by atoms with Gasteiger partial charge in [0.1, 0.15) is 0 Å². The minimum absolute atomic E-state index is 0.0352. The van der Waals surface area contributed by atoms with Gasteiger partial charge < -0.3 is 14.5 Å². The Morgan fingerprint density at radius 2 is 1.76 bits per heavy atom. The number of Topliss-reactive ketones (excluding diaryl/α,β-unsaturated/α-hetero) is 2. The minimum atomic E-state index is -0.646. The molecule has 1 heterocycles. The maximum atomic E-state index is 12.5. The van der Waals surface area contributed by atoms with Gasteiger partial charge in [0.05, 0.1) is 31.0 Å². The number of carbonyl (C=O) groups excluding carboxylic acids is 3. The summed E-state index contributed by atoms with van der Waals surface area (Å²) in [5.41, 5.74) is 1.02. The highest BCUT2D eigenvalue weighted by Crippen LogP contribution is 2.33. The minimum Gasteiger partial charge on any atom is -0.492 e. The van der Waals surface area contributed by atoms with E-state index in [2.05, 4.69) is 4.98 Å². The summed E-state index contributed by atoms with van der Waals surface area (Å²) in [7, 11) is 2.56. The summed E-state index contributed by atoms with van der Waals surface area (Å²) in [5.74, 6) is -1.58. The molecule has 0 bridgehead atoms. The van der Waals surface area contributed by atoms with Gasteiger partial charge in [0, 0.05) is 11.3 Å². The lowest BCUT2D eigenvalue weighted by molar-refractivity contribution is 0.0595. The van der Waals surface area contributed by atoms with Gasteiger partial charge in [-0.1, -0.05) is 13.8 Å². The fraction of sp³-hybridized carbons (Fsp3) is 0.400. The molecule has 0 amide bonds. The van der Waals surface area contributed by atoms with Crippen molar-refractivity contribution in [2.45, 2.75) is 26.7 Å². The van der Waals surface area contributed by atoms with Crippen LogP contribution in [0.25, 0.3) is 0 Å². The highest BCUT2D eigenvalue weighted by molar-refractivity contribution is 6.28. The SMILES string of the molecule is COC(=O)c1c(C(C)C)[nH]c2c1C(=O)C(OC)=C(C)C2=O. The normalized spacial score (nSPS) is 14.6. The number of aromatic amines is 1. The van der Waals surface area contributed by atoms with E-state index in [9.17, 15) is 14.4 Å². The van der Waals surface area contributed by atoms with Crippen molar-refractivity contribution in [2.75, 3.05) is 14.2 Å². The van der Waals surface area contributed by atoms with Crippen LogP contribution in [0.1, 0.15) is 63.6 Å². The van der Waals surface area contributed by atoms with Gasteiger partial charge in [0.2, 0.25) is 11.6 Å². The average molecular weight is 291 g/mol. The number of ether oxygens (including phenoxy) is 2. The molecule has 0 saturated carbocycles. The predicted octanol–water partition coefficient (Wildman–Crippen LogP) is 2.22. The van der Waals surface area contributed by atoms with Crippen LogP contribution in [0.5, 0.6) is 0 Å². The van der Waals surface area contributed by atoms with Crippen molar-refractivity contribution in [1.29, 1.82) is 0 Å². The smallest absolute Gasteiger partial charge is 0.340 e. The fourth-order valence-electron chi connectivity index (χ4n) is 2.48. The van der Waals surface area contributed by atoms with Crippen molar-refractivity contribution in [3.05, 3.63) is 33.8 Å². The molecule has 21 heavy (non-hydrogen) atoms. The summed E-state index contributed by atoms with van der Waals surface area (Å²) in [5, 5.41) is 0. The number of esters is 1. The number of hydrogen-bond acceptors (Lipinski definition) is 5. The topological polar surface area (TPSA) is 85.5 Å². The molecule has 0 radical (unpaired) electrons. The third-order valence-corrected chi connectivity index (χ3v) is 3.54. The first-order valence-corrected chi connectivity index (χ1v) is 6.53. The van der Waals surface area contributed by atoms with Gasteiger partial charge in [-0.2, -0.15) is 0 Å². The number of allylic oxidation sites excluding steroid dienone is 2. The molecule has 0 aromatic carbocycles. The van der Waals surface area contributed by atoms with E-state index in [1.54, 1.807) is 0 Å². The van der Waals surface area contributed by atoms with Crippen molar-refractivity contribution < 1.29 is 23.9 Å². The Labute approximate surface area is 122 Å². The van der Waals surface area contributed by atoms with Crippen LogP contribution in [0.15, 0.2) is 11.3 Å². The molecule has 2 rings (SSSR count). The molecule has 1 aliphatic carbocycles. The molecular formula is C15H17NO5. The Kier molecular flexibility index (Phi) is 3.72. The maximum Gasteiger partial charge on any atom is 0.340 e. The molecule has 0 spiro atoms. The summed E-state index contributed by atoms with van der Waals surface area (Å²) >= 11 is 0. The van der Waals surface area contributed by atoms with E-state index < -0.39 is 11.8 Å². The van der Waals surface area contributed by atoms with Crippen molar-refractivity contribution in [2.24, 2.45) is 0 Å². The standard InChI is InChI=1S/C15H17NO5/c1-6(2)10-9(15(19)21-5)8-11(16-10)12(17)7(3)14(20-4)13(8)18/h6,16H,1-5H3.